The van der Waals surface area contributed by atoms with Gasteiger partial charge in [0.2, 0.25) is 0 Å². The lowest BCUT2D eigenvalue weighted by Gasteiger charge is -2.03. The zero-order chi connectivity index (χ0) is 12.3. The van der Waals surface area contributed by atoms with Crippen molar-refractivity contribution in [2.75, 3.05) is 0 Å². The van der Waals surface area contributed by atoms with Gasteiger partial charge in [-0.3, -0.25) is 0 Å². The molecule has 86 valence electrons. The minimum atomic E-state index is 0.308. The molecule has 0 N–H and O–H groups in total. The van der Waals surface area contributed by atoms with Gasteiger partial charge in [0, 0.05) is 18.0 Å². The molecular formula is C11H8ClN3OS. The third-order valence-electron chi connectivity index (χ3n) is 2.05. The summed E-state index contributed by atoms with van der Waals surface area (Å²) < 4.78 is 9.60. The first-order valence-corrected chi connectivity index (χ1v) is 6.08. The van der Waals surface area contributed by atoms with Crippen molar-refractivity contribution in [3.8, 4) is 17.0 Å². The minimum absolute atomic E-state index is 0.308. The highest BCUT2D eigenvalue weighted by atomic mass is 35.5. The number of ether oxygens (including phenoxy) is 1. The lowest BCUT2D eigenvalue weighted by atomic mass is 10.2. The van der Waals surface area contributed by atoms with Gasteiger partial charge >= 0.3 is 0 Å². The minimum Gasteiger partial charge on any atom is -0.428 e. The van der Waals surface area contributed by atoms with Gasteiger partial charge in [-0.15, -0.1) is 0 Å². The summed E-state index contributed by atoms with van der Waals surface area (Å²) in [5, 5.41) is 9.76. The van der Waals surface area contributed by atoms with E-state index in [2.05, 4.69) is 9.36 Å². The highest BCUT2D eigenvalue weighted by Gasteiger charge is 2.11. The zero-order valence-corrected chi connectivity index (χ0v) is 10.5. The first-order chi connectivity index (χ1) is 8.24. The number of aryl methyl sites for hydroxylation is 1. The Labute approximate surface area is 108 Å². The zero-order valence-electron chi connectivity index (χ0n) is 8.98. The molecule has 1 heterocycles. The van der Waals surface area contributed by atoms with Gasteiger partial charge in [-0.25, -0.2) is 0 Å². The van der Waals surface area contributed by atoms with E-state index in [0.29, 0.717) is 21.5 Å². The van der Waals surface area contributed by atoms with Crippen molar-refractivity contribution in [2.45, 2.75) is 13.3 Å². The van der Waals surface area contributed by atoms with Crippen LogP contribution in [0.1, 0.15) is 18.3 Å². The summed E-state index contributed by atoms with van der Waals surface area (Å²) in [5.41, 5.74) is 0.308. The lowest BCUT2D eigenvalue weighted by Crippen LogP contribution is -1.89. The van der Waals surface area contributed by atoms with E-state index >= 15 is 0 Å². The van der Waals surface area contributed by atoms with Gasteiger partial charge in [-0.05, 0) is 12.1 Å². The molecule has 0 spiro atoms. The van der Waals surface area contributed by atoms with E-state index in [1.165, 1.54) is 0 Å². The fraction of sp³-hybridized carbons (Fsp3) is 0.182. The summed E-state index contributed by atoms with van der Waals surface area (Å²) in [6, 6.07) is 7.05. The topological polar surface area (TPSA) is 58.8 Å². The first-order valence-electron chi connectivity index (χ1n) is 4.93. The maximum atomic E-state index is 8.98. The summed E-state index contributed by atoms with van der Waals surface area (Å²) in [6.45, 7) is 1.96. The number of aromatic nitrogens is 2. The van der Waals surface area contributed by atoms with Gasteiger partial charge in [0.15, 0.2) is 0 Å². The van der Waals surface area contributed by atoms with E-state index < -0.39 is 0 Å². The molecule has 1 aromatic carbocycles. The molecule has 1 aromatic heterocycles. The van der Waals surface area contributed by atoms with Crippen LogP contribution in [-0.4, -0.2) is 9.36 Å². The van der Waals surface area contributed by atoms with Crippen LogP contribution in [0.3, 0.4) is 0 Å². The van der Waals surface area contributed by atoms with Crippen LogP contribution < -0.4 is 4.74 Å². The second kappa shape index (κ2) is 5.13. The van der Waals surface area contributed by atoms with Gasteiger partial charge in [-0.2, -0.15) is 14.6 Å². The molecule has 0 saturated carbocycles. The lowest BCUT2D eigenvalue weighted by molar-refractivity contribution is 0.476. The molecule has 0 aliphatic rings. The number of nitrogens with zero attached hydrogens (tertiary/aromatic N) is 3. The van der Waals surface area contributed by atoms with E-state index in [1.807, 2.05) is 13.0 Å². The van der Waals surface area contributed by atoms with Crippen molar-refractivity contribution in [3.05, 3.63) is 34.6 Å². The maximum absolute atomic E-state index is 8.98. The van der Waals surface area contributed by atoms with Crippen molar-refractivity contribution < 1.29 is 4.74 Å². The number of hydrogen-bond donors (Lipinski definition) is 0. The van der Waals surface area contributed by atoms with Crippen molar-refractivity contribution in [2.24, 2.45) is 0 Å². The third kappa shape index (κ3) is 2.54. The Hall–Kier alpha value is -1.64. The molecule has 2 rings (SSSR count). The van der Waals surface area contributed by atoms with Gasteiger partial charge in [0.1, 0.15) is 23.2 Å². The van der Waals surface area contributed by atoms with Gasteiger partial charge in [-0.1, -0.05) is 24.6 Å². The first kappa shape index (κ1) is 11.8. The van der Waals surface area contributed by atoms with E-state index in [0.717, 1.165) is 23.8 Å². The van der Waals surface area contributed by atoms with Crippen LogP contribution in [0.25, 0.3) is 0 Å². The highest BCUT2D eigenvalue weighted by molar-refractivity contribution is 7.07. The van der Waals surface area contributed by atoms with E-state index in [-0.39, 0.29) is 0 Å². The molecule has 0 bridgehead atoms. The van der Waals surface area contributed by atoms with Crippen LogP contribution in [0.2, 0.25) is 5.02 Å². The summed E-state index contributed by atoms with van der Waals surface area (Å²) >= 11 is 7.05. The van der Waals surface area contributed by atoms with Gasteiger partial charge in [0.05, 0.1) is 5.02 Å². The molecule has 0 radical (unpaired) electrons. The molecule has 2 aromatic rings. The normalized spacial score (nSPS) is 9.94. The Morgan fingerprint density at radius 3 is 3.00 bits per heavy atom. The van der Waals surface area contributed by atoms with Crippen LogP contribution in [0, 0.1) is 11.3 Å². The average molecular weight is 266 g/mol. The number of rotatable bonds is 3. The van der Waals surface area contributed by atoms with Crippen LogP contribution >= 0.6 is 23.1 Å². The maximum Gasteiger partial charge on any atom is 0.298 e. The van der Waals surface area contributed by atoms with Crippen molar-refractivity contribution in [3.63, 3.8) is 0 Å². The monoisotopic (exact) mass is 265 g/mol. The number of nitriles is 1. The van der Waals surface area contributed by atoms with Crippen LogP contribution in [0.5, 0.6) is 10.9 Å². The fourth-order valence-corrected chi connectivity index (χ4v) is 2.05. The molecule has 0 aliphatic carbocycles. The van der Waals surface area contributed by atoms with Crippen LogP contribution in [-0.2, 0) is 6.42 Å². The van der Waals surface area contributed by atoms with Gasteiger partial charge < -0.3 is 4.74 Å². The van der Waals surface area contributed by atoms with E-state index in [4.69, 9.17) is 21.6 Å². The second-order valence-corrected chi connectivity index (χ2v) is 4.28. The Kier molecular flexibility index (Phi) is 3.57. The van der Waals surface area contributed by atoms with E-state index in [9.17, 15) is 0 Å². The van der Waals surface area contributed by atoms with Crippen molar-refractivity contribution in [1.29, 1.82) is 5.26 Å². The smallest absolute Gasteiger partial charge is 0.298 e. The molecule has 0 fully saturated rings. The summed E-state index contributed by atoms with van der Waals surface area (Å²) in [4.78, 5) is 4.16. The molecule has 17 heavy (non-hydrogen) atoms. The van der Waals surface area contributed by atoms with E-state index in [1.54, 1.807) is 18.2 Å². The predicted octanol–water partition coefficient (Wildman–Crippen LogP) is 3.42. The quantitative estimate of drug-likeness (QED) is 0.853. The largest absolute Gasteiger partial charge is 0.428 e. The summed E-state index contributed by atoms with van der Waals surface area (Å²) in [5.74, 6) is 1.13. The molecule has 0 atom stereocenters. The van der Waals surface area contributed by atoms with Crippen molar-refractivity contribution >= 4 is 23.1 Å². The molecular weight excluding hydrogens is 258 g/mol. The number of hydrogen-bond acceptors (Lipinski definition) is 5. The highest BCUT2D eigenvalue weighted by Crippen LogP contribution is 2.30. The molecule has 0 amide bonds. The Balaban J connectivity index is 2.30. The van der Waals surface area contributed by atoms with Gasteiger partial charge in [0.25, 0.3) is 5.19 Å². The molecule has 0 saturated heterocycles. The Bertz CT molecular complexity index is 576. The average Bonchev–Trinajstić information content (AvgIpc) is 2.77. The standard InChI is InChI=1S/C11H8ClN3OS/c1-2-10-14-11(17-15-10)16-9-5-3-4-8(12)7(9)6-13/h3-5H,2H2,1H3. The van der Waals surface area contributed by atoms with Crippen LogP contribution in [0.4, 0.5) is 0 Å². The fourth-order valence-electron chi connectivity index (χ4n) is 1.21. The SMILES string of the molecule is CCc1nsc(Oc2cccc(Cl)c2C#N)n1. The van der Waals surface area contributed by atoms with Crippen LogP contribution in [0.15, 0.2) is 18.2 Å². The summed E-state index contributed by atoms with van der Waals surface area (Å²) in [6.07, 6.45) is 0.751. The second-order valence-electron chi connectivity index (χ2n) is 3.16. The predicted molar refractivity (Wildman–Crippen MR) is 65.5 cm³/mol. The molecule has 0 aliphatic heterocycles. The Morgan fingerprint density at radius 1 is 1.53 bits per heavy atom. The molecule has 4 nitrogen and oxygen atoms in total. The molecule has 6 heteroatoms. The molecule has 0 unspecified atom stereocenters. The summed E-state index contributed by atoms with van der Waals surface area (Å²) in [7, 11) is 0. The third-order valence-corrected chi connectivity index (χ3v) is 3.00. The Morgan fingerprint density at radius 2 is 2.35 bits per heavy atom. The number of halogens is 1. The van der Waals surface area contributed by atoms with Crippen molar-refractivity contribution in [1.82, 2.24) is 9.36 Å². The number of benzene rings is 1.